The van der Waals surface area contributed by atoms with Crippen molar-refractivity contribution in [2.45, 2.75) is 59.0 Å². The average Bonchev–Trinajstić information content (AvgIpc) is 1.97. The highest BCUT2D eigenvalue weighted by Gasteiger charge is 2.27. The Morgan fingerprint density at radius 1 is 1.31 bits per heavy atom. The van der Waals surface area contributed by atoms with E-state index in [-0.39, 0.29) is 24.0 Å². The van der Waals surface area contributed by atoms with E-state index in [4.69, 9.17) is 10.8 Å². The Labute approximate surface area is 98.6 Å². The molecule has 0 heterocycles. The van der Waals surface area contributed by atoms with E-state index < -0.39 is 5.54 Å². The molecular formula is C12H26N2O2. The monoisotopic (exact) mass is 230 g/mol. The lowest BCUT2D eigenvalue weighted by molar-refractivity contribution is -0.123. The molecule has 1 amide bonds. The van der Waals surface area contributed by atoms with E-state index in [1.807, 2.05) is 34.6 Å². The smallest absolute Gasteiger partial charge is 0.222 e. The summed E-state index contributed by atoms with van der Waals surface area (Å²) >= 11 is 0. The Bertz CT molecular complexity index is 226. The number of aliphatic hydroxyl groups excluding tert-OH is 1. The van der Waals surface area contributed by atoms with Crippen LogP contribution < -0.4 is 11.1 Å². The molecule has 96 valence electrons. The molecule has 0 saturated carbocycles. The quantitative estimate of drug-likeness (QED) is 0.660. The van der Waals surface area contributed by atoms with Gasteiger partial charge >= 0.3 is 0 Å². The first-order chi connectivity index (χ1) is 7.06. The molecule has 4 nitrogen and oxygen atoms in total. The van der Waals surface area contributed by atoms with Gasteiger partial charge in [0.2, 0.25) is 5.91 Å². The minimum Gasteiger partial charge on any atom is -0.396 e. The fraction of sp³-hybridized carbons (Fsp3) is 0.917. The fourth-order valence-corrected chi connectivity index (χ4v) is 1.51. The second-order valence-corrected chi connectivity index (χ2v) is 6.16. The molecule has 1 atom stereocenters. The van der Waals surface area contributed by atoms with Crippen molar-refractivity contribution in [3.8, 4) is 0 Å². The highest BCUT2D eigenvalue weighted by Crippen LogP contribution is 2.22. The minimum atomic E-state index is -0.494. The van der Waals surface area contributed by atoms with Gasteiger partial charge in [0.15, 0.2) is 0 Å². The molecule has 0 aromatic carbocycles. The van der Waals surface area contributed by atoms with Gasteiger partial charge in [0, 0.05) is 24.6 Å². The van der Waals surface area contributed by atoms with Crippen LogP contribution in [0.2, 0.25) is 0 Å². The summed E-state index contributed by atoms with van der Waals surface area (Å²) in [6.45, 7) is 9.85. The summed E-state index contributed by atoms with van der Waals surface area (Å²) in [6, 6.07) is -0.0210. The van der Waals surface area contributed by atoms with Gasteiger partial charge in [-0.05, 0) is 25.7 Å². The van der Waals surface area contributed by atoms with Crippen molar-refractivity contribution in [1.29, 1.82) is 0 Å². The number of aliphatic hydroxyl groups is 1. The van der Waals surface area contributed by atoms with Crippen LogP contribution in [0.25, 0.3) is 0 Å². The summed E-state index contributed by atoms with van der Waals surface area (Å²) < 4.78 is 0. The highest BCUT2D eigenvalue weighted by atomic mass is 16.3. The summed E-state index contributed by atoms with van der Waals surface area (Å²) in [5.41, 5.74) is 5.23. The van der Waals surface area contributed by atoms with Crippen LogP contribution in [0.1, 0.15) is 47.5 Å². The van der Waals surface area contributed by atoms with Crippen molar-refractivity contribution in [3.05, 3.63) is 0 Å². The van der Waals surface area contributed by atoms with Gasteiger partial charge in [-0.1, -0.05) is 20.8 Å². The predicted molar refractivity (Wildman–Crippen MR) is 66.0 cm³/mol. The molecule has 0 aromatic rings. The summed E-state index contributed by atoms with van der Waals surface area (Å²) in [5.74, 6) is -0.0547. The third-order valence-electron chi connectivity index (χ3n) is 2.41. The Kier molecular flexibility index (Phi) is 5.42. The zero-order valence-corrected chi connectivity index (χ0v) is 11.1. The standard InChI is InChI=1S/C12H26N2O2/c1-11(2,3)9(6-7-15)14-10(16)8-12(4,5)13/h9,15H,6-8,13H2,1-5H3,(H,14,16). The predicted octanol–water partition coefficient (Wildman–Crippen LogP) is 1.03. The molecule has 0 bridgehead atoms. The van der Waals surface area contributed by atoms with Crippen molar-refractivity contribution in [2.24, 2.45) is 11.1 Å². The molecule has 0 fully saturated rings. The number of amides is 1. The van der Waals surface area contributed by atoms with Gasteiger partial charge in [0.25, 0.3) is 0 Å². The number of hydrogen-bond donors (Lipinski definition) is 3. The van der Waals surface area contributed by atoms with E-state index in [0.717, 1.165) is 0 Å². The van der Waals surface area contributed by atoms with Gasteiger partial charge in [-0.3, -0.25) is 4.79 Å². The van der Waals surface area contributed by atoms with Crippen molar-refractivity contribution < 1.29 is 9.90 Å². The van der Waals surface area contributed by atoms with Gasteiger partial charge in [0.1, 0.15) is 0 Å². The number of rotatable bonds is 5. The maximum absolute atomic E-state index is 11.7. The topological polar surface area (TPSA) is 75.4 Å². The van der Waals surface area contributed by atoms with Crippen molar-refractivity contribution >= 4 is 5.91 Å². The third kappa shape index (κ3) is 6.80. The fourth-order valence-electron chi connectivity index (χ4n) is 1.51. The lowest BCUT2D eigenvalue weighted by Crippen LogP contribution is -2.47. The zero-order chi connectivity index (χ0) is 13.0. The molecule has 0 spiro atoms. The van der Waals surface area contributed by atoms with Crippen molar-refractivity contribution in [2.75, 3.05) is 6.61 Å². The number of hydrogen-bond acceptors (Lipinski definition) is 3. The summed E-state index contributed by atoms with van der Waals surface area (Å²) in [5, 5.41) is 11.9. The van der Waals surface area contributed by atoms with Crippen LogP contribution in [-0.4, -0.2) is 29.2 Å². The third-order valence-corrected chi connectivity index (χ3v) is 2.41. The van der Waals surface area contributed by atoms with E-state index in [1.165, 1.54) is 0 Å². The van der Waals surface area contributed by atoms with E-state index >= 15 is 0 Å². The van der Waals surface area contributed by atoms with Crippen LogP contribution in [0.15, 0.2) is 0 Å². The molecule has 0 aromatic heterocycles. The first-order valence-electron chi connectivity index (χ1n) is 5.75. The lowest BCUT2D eigenvalue weighted by atomic mass is 9.84. The van der Waals surface area contributed by atoms with Gasteiger partial charge in [0.05, 0.1) is 0 Å². The zero-order valence-electron chi connectivity index (χ0n) is 11.1. The number of carbonyl (C=O) groups is 1. The molecule has 4 heteroatoms. The summed E-state index contributed by atoms with van der Waals surface area (Å²) in [7, 11) is 0. The van der Waals surface area contributed by atoms with Gasteiger partial charge in [-0.2, -0.15) is 0 Å². The van der Waals surface area contributed by atoms with Gasteiger partial charge in [-0.15, -0.1) is 0 Å². The SMILES string of the molecule is CC(C)(N)CC(=O)NC(CCO)C(C)(C)C. The van der Waals surface area contributed by atoms with Crippen LogP contribution in [0.3, 0.4) is 0 Å². The molecule has 16 heavy (non-hydrogen) atoms. The Morgan fingerprint density at radius 3 is 2.12 bits per heavy atom. The Hall–Kier alpha value is -0.610. The van der Waals surface area contributed by atoms with E-state index in [0.29, 0.717) is 12.8 Å². The summed E-state index contributed by atoms with van der Waals surface area (Å²) in [4.78, 5) is 11.7. The number of nitrogens with one attached hydrogen (secondary N) is 1. The van der Waals surface area contributed by atoms with Crippen LogP contribution in [0, 0.1) is 5.41 Å². The van der Waals surface area contributed by atoms with E-state index in [9.17, 15) is 4.79 Å². The minimum absolute atomic E-state index is 0.0210. The second-order valence-electron chi connectivity index (χ2n) is 6.16. The highest BCUT2D eigenvalue weighted by molar-refractivity contribution is 5.77. The second kappa shape index (κ2) is 5.64. The number of nitrogens with two attached hydrogens (primary N) is 1. The van der Waals surface area contributed by atoms with Crippen LogP contribution in [0.5, 0.6) is 0 Å². The average molecular weight is 230 g/mol. The van der Waals surface area contributed by atoms with Crippen LogP contribution >= 0.6 is 0 Å². The van der Waals surface area contributed by atoms with E-state index in [1.54, 1.807) is 0 Å². The van der Waals surface area contributed by atoms with Gasteiger partial charge in [-0.25, -0.2) is 0 Å². The molecule has 0 radical (unpaired) electrons. The molecule has 1 unspecified atom stereocenters. The lowest BCUT2D eigenvalue weighted by Gasteiger charge is -2.32. The largest absolute Gasteiger partial charge is 0.396 e. The normalized spacial score (nSPS) is 14.7. The molecular weight excluding hydrogens is 204 g/mol. The first kappa shape index (κ1) is 15.4. The molecule has 0 aliphatic heterocycles. The molecule has 0 aliphatic rings. The first-order valence-corrected chi connectivity index (χ1v) is 5.75. The molecule has 4 N–H and O–H groups in total. The summed E-state index contributed by atoms with van der Waals surface area (Å²) in [6.07, 6.45) is 0.866. The van der Waals surface area contributed by atoms with Gasteiger partial charge < -0.3 is 16.2 Å². The molecule has 0 saturated heterocycles. The maximum Gasteiger partial charge on any atom is 0.222 e. The Morgan fingerprint density at radius 2 is 1.81 bits per heavy atom. The number of carbonyl (C=O) groups excluding carboxylic acids is 1. The Balaban J connectivity index is 4.36. The van der Waals surface area contributed by atoms with Crippen molar-refractivity contribution in [1.82, 2.24) is 5.32 Å². The van der Waals surface area contributed by atoms with Crippen LogP contribution in [0.4, 0.5) is 0 Å². The van der Waals surface area contributed by atoms with Crippen molar-refractivity contribution in [3.63, 3.8) is 0 Å². The van der Waals surface area contributed by atoms with Crippen LogP contribution in [-0.2, 0) is 4.79 Å². The molecule has 0 rings (SSSR count). The molecule has 0 aliphatic carbocycles. The maximum atomic E-state index is 11.7. The van der Waals surface area contributed by atoms with E-state index in [2.05, 4.69) is 5.32 Å².